The molecule has 0 unspecified atom stereocenters. The Bertz CT molecular complexity index is 922. The minimum absolute atomic E-state index is 0.268. The van der Waals surface area contributed by atoms with Crippen molar-refractivity contribution < 1.29 is 14.3 Å². The van der Waals surface area contributed by atoms with Crippen molar-refractivity contribution in [3.05, 3.63) is 77.0 Å². The molecule has 0 aliphatic carbocycles. The van der Waals surface area contributed by atoms with Gasteiger partial charge in [-0.25, -0.2) is 4.79 Å². The number of aromatic carboxylic acids is 1. The number of carboxylic acids is 1. The van der Waals surface area contributed by atoms with Gasteiger partial charge in [0.25, 0.3) is 0 Å². The van der Waals surface area contributed by atoms with E-state index < -0.39 is 5.97 Å². The molecule has 0 atom stereocenters. The van der Waals surface area contributed by atoms with E-state index in [2.05, 4.69) is 4.99 Å². The number of aliphatic imine (C=N–C) groups is 1. The standard InChI is InChI=1S/C20H17NO3/c1-13-5-3-4-6-18(13)21-12-16-8-10-19(24-16)17-9-7-15(20(22)23)11-14(17)2/h3-12H,1-2H3,(H,22,23). The summed E-state index contributed by atoms with van der Waals surface area (Å²) in [5, 5.41) is 9.03. The molecular formula is C20H17NO3. The van der Waals surface area contributed by atoms with Gasteiger partial charge in [0, 0.05) is 5.56 Å². The fourth-order valence-corrected chi connectivity index (χ4v) is 2.48. The predicted molar refractivity (Wildman–Crippen MR) is 94.3 cm³/mol. The number of hydrogen-bond acceptors (Lipinski definition) is 3. The number of para-hydroxylation sites is 1. The summed E-state index contributed by atoms with van der Waals surface area (Å²) in [5.41, 5.74) is 3.99. The number of hydrogen-bond donors (Lipinski definition) is 1. The third-order valence-electron chi connectivity index (χ3n) is 3.81. The van der Waals surface area contributed by atoms with Crippen LogP contribution in [0.4, 0.5) is 5.69 Å². The first-order valence-electron chi connectivity index (χ1n) is 7.58. The predicted octanol–water partition coefficient (Wildman–Crippen LogP) is 5.01. The van der Waals surface area contributed by atoms with Crippen LogP contribution >= 0.6 is 0 Å². The lowest BCUT2D eigenvalue weighted by Crippen LogP contribution is -1.96. The molecule has 0 amide bonds. The fraction of sp³-hybridized carbons (Fsp3) is 0.100. The maximum Gasteiger partial charge on any atom is 0.335 e. The Morgan fingerprint density at radius 2 is 1.83 bits per heavy atom. The van der Waals surface area contributed by atoms with Crippen molar-refractivity contribution in [3.8, 4) is 11.3 Å². The van der Waals surface area contributed by atoms with Crippen LogP contribution in [-0.4, -0.2) is 17.3 Å². The smallest absolute Gasteiger partial charge is 0.335 e. The molecule has 4 nitrogen and oxygen atoms in total. The summed E-state index contributed by atoms with van der Waals surface area (Å²) in [5.74, 6) is 0.404. The maximum atomic E-state index is 11.0. The van der Waals surface area contributed by atoms with Crippen LogP contribution in [0, 0.1) is 13.8 Å². The van der Waals surface area contributed by atoms with Gasteiger partial charge in [0.1, 0.15) is 11.5 Å². The Labute approximate surface area is 140 Å². The average Bonchev–Trinajstić information content (AvgIpc) is 3.02. The molecule has 0 bridgehead atoms. The largest absolute Gasteiger partial charge is 0.478 e. The Morgan fingerprint density at radius 3 is 2.54 bits per heavy atom. The molecule has 3 rings (SSSR count). The minimum atomic E-state index is -0.935. The van der Waals surface area contributed by atoms with Gasteiger partial charge in [0.2, 0.25) is 0 Å². The van der Waals surface area contributed by atoms with E-state index >= 15 is 0 Å². The highest BCUT2D eigenvalue weighted by molar-refractivity contribution is 5.89. The van der Waals surface area contributed by atoms with Crippen molar-refractivity contribution in [2.24, 2.45) is 4.99 Å². The van der Waals surface area contributed by atoms with Crippen molar-refractivity contribution in [2.75, 3.05) is 0 Å². The number of furan rings is 1. The van der Waals surface area contributed by atoms with Crippen LogP contribution in [0.2, 0.25) is 0 Å². The van der Waals surface area contributed by atoms with Crippen molar-refractivity contribution in [1.82, 2.24) is 0 Å². The van der Waals surface area contributed by atoms with Gasteiger partial charge in [-0.1, -0.05) is 24.3 Å². The van der Waals surface area contributed by atoms with Gasteiger partial charge in [-0.2, -0.15) is 0 Å². The highest BCUT2D eigenvalue weighted by Gasteiger charge is 2.10. The molecule has 0 radical (unpaired) electrons. The molecule has 1 aromatic heterocycles. The second-order valence-corrected chi connectivity index (χ2v) is 5.58. The monoisotopic (exact) mass is 319 g/mol. The van der Waals surface area contributed by atoms with Gasteiger partial charge >= 0.3 is 5.97 Å². The molecular weight excluding hydrogens is 302 g/mol. The van der Waals surface area contributed by atoms with Crippen molar-refractivity contribution >= 4 is 17.9 Å². The van der Waals surface area contributed by atoms with Gasteiger partial charge in [0.05, 0.1) is 17.5 Å². The molecule has 120 valence electrons. The lowest BCUT2D eigenvalue weighted by Gasteiger charge is -2.03. The normalized spacial score (nSPS) is 11.1. The van der Waals surface area contributed by atoms with Crippen LogP contribution in [0.3, 0.4) is 0 Å². The van der Waals surface area contributed by atoms with Crippen molar-refractivity contribution in [3.63, 3.8) is 0 Å². The van der Waals surface area contributed by atoms with Crippen molar-refractivity contribution in [2.45, 2.75) is 13.8 Å². The second kappa shape index (κ2) is 6.54. The zero-order valence-corrected chi connectivity index (χ0v) is 13.5. The van der Waals surface area contributed by atoms with Gasteiger partial charge in [-0.15, -0.1) is 0 Å². The SMILES string of the molecule is Cc1ccccc1N=Cc1ccc(-c2ccc(C(=O)O)cc2C)o1. The first-order valence-corrected chi connectivity index (χ1v) is 7.58. The number of nitrogens with zero attached hydrogens (tertiary/aromatic N) is 1. The molecule has 0 aliphatic rings. The highest BCUT2D eigenvalue weighted by atomic mass is 16.4. The van der Waals surface area contributed by atoms with Crippen LogP contribution in [0.5, 0.6) is 0 Å². The summed E-state index contributed by atoms with van der Waals surface area (Å²) in [6, 6.07) is 16.6. The number of carboxylic acid groups (broad SMARTS) is 1. The summed E-state index contributed by atoms with van der Waals surface area (Å²) >= 11 is 0. The number of aryl methyl sites for hydroxylation is 2. The lowest BCUT2D eigenvalue weighted by molar-refractivity contribution is 0.0697. The molecule has 1 N–H and O–H groups in total. The number of benzene rings is 2. The maximum absolute atomic E-state index is 11.0. The topological polar surface area (TPSA) is 62.8 Å². The summed E-state index contributed by atoms with van der Waals surface area (Å²) in [6.07, 6.45) is 1.69. The van der Waals surface area contributed by atoms with Gasteiger partial charge < -0.3 is 9.52 Å². The Morgan fingerprint density at radius 1 is 1.04 bits per heavy atom. The quantitative estimate of drug-likeness (QED) is 0.687. The zero-order valence-electron chi connectivity index (χ0n) is 13.5. The van der Waals surface area contributed by atoms with E-state index in [0.717, 1.165) is 22.4 Å². The first-order chi connectivity index (χ1) is 11.5. The average molecular weight is 319 g/mol. The second-order valence-electron chi connectivity index (χ2n) is 5.58. The van der Waals surface area contributed by atoms with Gasteiger partial charge in [-0.3, -0.25) is 4.99 Å². The molecule has 24 heavy (non-hydrogen) atoms. The third-order valence-corrected chi connectivity index (χ3v) is 3.81. The van der Waals surface area contributed by atoms with Crippen LogP contribution in [0.15, 0.2) is 64.0 Å². The number of rotatable bonds is 4. The lowest BCUT2D eigenvalue weighted by atomic mass is 10.0. The molecule has 0 fully saturated rings. The van der Waals surface area contributed by atoms with E-state index in [1.807, 2.05) is 50.2 Å². The Kier molecular flexibility index (Phi) is 4.29. The summed E-state index contributed by atoms with van der Waals surface area (Å²) < 4.78 is 5.82. The van der Waals surface area contributed by atoms with E-state index in [-0.39, 0.29) is 5.56 Å². The molecule has 1 heterocycles. The van der Waals surface area contributed by atoms with E-state index in [0.29, 0.717) is 11.5 Å². The minimum Gasteiger partial charge on any atom is -0.478 e. The zero-order chi connectivity index (χ0) is 17.1. The molecule has 0 saturated carbocycles. The van der Waals surface area contributed by atoms with E-state index in [1.165, 1.54) is 0 Å². The molecule has 4 heteroatoms. The Hall–Kier alpha value is -3.14. The molecule has 0 saturated heterocycles. The summed E-state index contributed by atoms with van der Waals surface area (Å²) in [4.78, 5) is 15.5. The van der Waals surface area contributed by atoms with Crippen LogP contribution in [0.1, 0.15) is 27.2 Å². The first kappa shape index (κ1) is 15.7. The van der Waals surface area contributed by atoms with Crippen LogP contribution < -0.4 is 0 Å². The van der Waals surface area contributed by atoms with Gasteiger partial charge in [-0.05, 0) is 55.3 Å². The van der Waals surface area contributed by atoms with Gasteiger partial charge in [0.15, 0.2) is 0 Å². The molecule has 0 spiro atoms. The molecule has 2 aromatic carbocycles. The fourth-order valence-electron chi connectivity index (χ4n) is 2.48. The van der Waals surface area contributed by atoms with E-state index in [4.69, 9.17) is 9.52 Å². The summed E-state index contributed by atoms with van der Waals surface area (Å²) in [6.45, 7) is 3.87. The third kappa shape index (κ3) is 3.27. The van der Waals surface area contributed by atoms with Crippen LogP contribution in [-0.2, 0) is 0 Å². The highest BCUT2D eigenvalue weighted by Crippen LogP contribution is 2.26. The van der Waals surface area contributed by atoms with E-state index in [1.54, 1.807) is 24.4 Å². The van der Waals surface area contributed by atoms with Crippen molar-refractivity contribution in [1.29, 1.82) is 0 Å². The Balaban J connectivity index is 1.86. The molecule has 0 aliphatic heterocycles. The number of carbonyl (C=O) groups is 1. The molecule has 3 aromatic rings. The summed E-state index contributed by atoms with van der Waals surface area (Å²) in [7, 11) is 0. The van der Waals surface area contributed by atoms with Crippen LogP contribution in [0.25, 0.3) is 11.3 Å². The van der Waals surface area contributed by atoms with E-state index in [9.17, 15) is 4.79 Å².